The molecule has 41 heavy (non-hydrogen) atoms. The van der Waals surface area contributed by atoms with Crippen LogP contribution in [0.4, 0.5) is 4.79 Å². The number of aliphatic hydroxyl groups is 1. The van der Waals surface area contributed by atoms with E-state index >= 15 is 0 Å². The lowest BCUT2D eigenvalue weighted by molar-refractivity contribution is -0.145. The Kier molecular flexibility index (Phi) is 16.1. The van der Waals surface area contributed by atoms with Crippen molar-refractivity contribution in [2.75, 3.05) is 40.6 Å². The number of rotatable bonds is 20. The highest BCUT2D eigenvalue weighted by atomic mass is 16.6. The van der Waals surface area contributed by atoms with E-state index in [4.69, 9.17) is 23.7 Å². The highest BCUT2D eigenvalue weighted by Gasteiger charge is 2.38. The summed E-state index contributed by atoms with van der Waals surface area (Å²) in [6, 6.07) is 5.98. The van der Waals surface area contributed by atoms with Crippen molar-refractivity contribution in [2.24, 2.45) is 11.8 Å². The van der Waals surface area contributed by atoms with E-state index in [2.05, 4.69) is 19.2 Å². The van der Waals surface area contributed by atoms with Gasteiger partial charge in [0.2, 0.25) is 0 Å². The number of alkyl carbamates (subject to hydrolysis) is 1. The molecule has 10 nitrogen and oxygen atoms in total. The van der Waals surface area contributed by atoms with Crippen LogP contribution in [0.25, 0.3) is 0 Å². The molecule has 0 aliphatic carbocycles. The number of hydrogen-bond donors (Lipinski definition) is 3. The number of hydrogen-bond acceptors (Lipinski definition) is 8. The third-order valence-corrected chi connectivity index (χ3v) is 6.71. The number of amides is 1. The molecule has 236 valence electrons. The molecule has 0 radical (unpaired) electrons. The number of carboxylic acid groups (broad SMARTS) is 1. The summed E-state index contributed by atoms with van der Waals surface area (Å²) in [5, 5.41) is 23.0. The molecule has 0 heterocycles. The summed E-state index contributed by atoms with van der Waals surface area (Å²) in [6.45, 7) is 13.0. The van der Waals surface area contributed by atoms with Gasteiger partial charge in [0.25, 0.3) is 0 Å². The van der Waals surface area contributed by atoms with Gasteiger partial charge in [-0.2, -0.15) is 0 Å². The molecule has 0 aromatic heterocycles. The van der Waals surface area contributed by atoms with Gasteiger partial charge in [-0.1, -0.05) is 19.9 Å². The summed E-state index contributed by atoms with van der Waals surface area (Å²) in [5.41, 5.74) is -1.34. The number of carbonyl (C=O) groups is 2. The summed E-state index contributed by atoms with van der Waals surface area (Å²) in [7, 11) is 3.32. The lowest BCUT2D eigenvalue weighted by Gasteiger charge is -2.31. The fraction of sp³-hybridized carbons (Fsp3) is 0.742. The van der Waals surface area contributed by atoms with Crippen LogP contribution in [0.1, 0.15) is 79.2 Å². The van der Waals surface area contributed by atoms with Gasteiger partial charge >= 0.3 is 12.1 Å². The molecule has 1 amide bonds. The van der Waals surface area contributed by atoms with Gasteiger partial charge in [-0.15, -0.1) is 0 Å². The standard InChI is InChI=1S/C31H53NO9/c1-22(2)24(12-13-25(33)21-31(6,28(34)35)32-29(36)41-30(3,4)5)19-23-11-14-26(39-17-9-15-37-7)27(20-23)40-18-10-16-38-8/h11,14,20,22,24-25,33H,9-10,12-13,15-19,21H2,1-8H3,(H,32,36)(H,34,35)/t24-,25-,31+/m0/s1. The summed E-state index contributed by atoms with van der Waals surface area (Å²) >= 11 is 0. The molecule has 0 fully saturated rings. The van der Waals surface area contributed by atoms with E-state index in [-0.39, 0.29) is 12.3 Å². The normalized spacial score (nSPS) is 14.7. The van der Waals surface area contributed by atoms with Crippen LogP contribution in [-0.4, -0.2) is 80.2 Å². The number of aliphatic hydroxyl groups excluding tert-OH is 1. The highest BCUT2D eigenvalue weighted by molar-refractivity contribution is 5.84. The molecule has 0 saturated carbocycles. The van der Waals surface area contributed by atoms with Crippen molar-refractivity contribution in [3.8, 4) is 11.5 Å². The highest BCUT2D eigenvalue weighted by Crippen LogP contribution is 2.32. The summed E-state index contributed by atoms with van der Waals surface area (Å²) < 4.78 is 27.4. The maximum Gasteiger partial charge on any atom is 0.408 e. The van der Waals surface area contributed by atoms with Crippen LogP contribution in [-0.2, 0) is 25.4 Å². The Bertz CT molecular complexity index is 915. The number of aliphatic carboxylic acids is 1. The first-order valence-corrected chi connectivity index (χ1v) is 14.5. The van der Waals surface area contributed by atoms with Crippen LogP contribution < -0.4 is 14.8 Å². The smallest absolute Gasteiger partial charge is 0.408 e. The minimum absolute atomic E-state index is 0.138. The van der Waals surface area contributed by atoms with Crippen molar-refractivity contribution in [2.45, 2.75) is 97.3 Å². The minimum atomic E-state index is -1.66. The lowest BCUT2D eigenvalue weighted by Crippen LogP contribution is -2.55. The quantitative estimate of drug-likeness (QED) is 0.176. The fourth-order valence-electron chi connectivity index (χ4n) is 4.36. The monoisotopic (exact) mass is 583 g/mol. The SMILES string of the molecule is COCCCOc1ccc(C[C@H](CC[C@H](O)C[C@@](C)(NC(=O)OC(C)(C)C)C(=O)O)C(C)C)cc1OCCCOC. The van der Waals surface area contributed by atoms with Crippen LogP contribution in [0, 0.1) is 11.8 Å². The Labute approximate surface area is 246 Å². The van der Waals surface area contributed by atoms with Gasteiger partial charge in [0.05, 0.1) is 19.3 Å². The molecule has 0 saturated heterocycles. The number of benzene rings is 1. The number of methoxy groups -OCH3 is 2. The van der Waals surface area contributed by atoms with Crippen LogP contribution in [0.5, 0.6) is 11.5 Å². The Hall–Kier alpha value is -2.56. The predicted molar refractivity (Wildman–Crippen MR) is 158 cm³/mol. The average Bonchev–Trinajstić information content (AvgIpc) is 2.86. The van der Waals surface area contributed by atoms with Gasteiger partial charge < -0.3 is 39.2 Å². The predicted octanol–water partition coefficient (Wildman–Crippen LogP) is 5.23. The molecule has 0 bridgehead atoms. The van der Waals surface area contributed by atoms with E-state index in [1.54, 1.807) is 35.0 Å². The first-order chi connectivity index (χ1) is 19.2. The Balaban J connectivity index is 2.89. The van der Waals surface area contributed by atoms with E-state index in [0.717, 1.165) is 24.8 Å². The van der Waals surface area contributed by atoms with Gasteiger partial charge in [0.1, 0.15) is 11.1 Å². The zero-order valence-corrected chi connectivity index (χ0v) is 26.3. The first kappa shape index (κ1) is 36.5. The topological polar surface area (TPSA) is 133 Å². The second kappa shape index (κ2) is 18.1. The van der Waals surface area contributed by atoms with Crippen molar-refractivity contribution in [1.29, 1.82) is 0 Å². The number of carboxylic acids is 1. The number of ether oxygens (including phenoxy) is 5. The van der Waals surface area contributed by atoms with Crippen LogP contribution >= 0.6 is 0 Å². The van der Waals surface area contributed by atoms with E-state index in [0.29, 0.717) is 56.7 Å². The van der Waals surface area contributed by atoms with Crippen LogP contribution in [0.2, 0.25) is 0 Å². The van der Waals surface area contributed by atoms with Crippen LogP contribution in [0.3, 0.4) is 0 Å². The molecule has 0 aliphatic heterocycles. The van der Waals surface area contributed by atoms with E-state index in [1.807, 2.05) is 18.2 Å². The molecule has 3 atom stereocenters. The maximum absolute atomic E-state index is 12.2. The van der Waals surface area contributed by atoms with Gasteiger partial charge in [-0.3, -0.25) is 0 Å². The maximum atomic E-state index is 12.2. The van der Waals surface area contributed by atoms with E-state index in [9.17, 15) is 19.8 Å². The molecular weight excluding hydrogens is 530 g/mol. The molecule has 1 rings (SSSR count). The molecule has 0 unspecified atom stereocenters. The Morgan fingerprint density at radius 3 is 2.00 bits per heavy atom. The van der Waals surface area contributed by atoms with Gasteiger partial charge in [-0.05, 0) is 76.5 Å². The molecule has 10 heteroatoms. The number of nitrogens with one attached hydrogen (secondary N) is 1. The lowest BCUT2D eigenvalue weighted by atomic mass is 9.83. The zero-order valence-electron chi connectivity index (χ0n) is 26.3. The Morgan fingerprint density at radius 1 is 0.902 bits per heavy atom. The summed E-state index contributed by atoms with van der Waals surface area (Å²) in [4.78, 5) is 24.2. The molecule has 3 N–H and O–H groups in total. The van der Waals surface area contributed by atoms with Gasteiger partial charge in [0.15, 0.2) is 11.5 Å². The van der Waals surface area contributed by atoms with Crippen molar-refractivity contribution < 1.29 is 43.5 Å². The zero-order chi connectivity index (χ0) is 31.1. The third-order valence-electron chi connectivity index (χ3n) is 6.71. The van der Waals surface area contributed by atoms with Gasteiger partial charge in [0, 0.05) is 46.7 Å². The molecule has 0 aliphatic rings. The molecule has 0 spiro atoms. The first-order valence-electron chi connectivity index (χ1n) is 14.5. The van der Waals surface area contributed by atoms with Gasteiger partial charge in [-0.25, -0.2) is 9.59 Å². The average molecular weight is 584 g/mol. The summed E-state index contributed by atoms with van der Waals surface area (Å²) in [5.74, 6) is 0.692. The van der Waals surface area contributed by atoms with Crippen LogP contribution in [0.15, 0.2) is 18.2 Å². The molecule has 1 aromatic rings. The van der Waals surface area contributed by atoms with E-state index in [1.165, 1.54) is 6.92 Å². The molecule has 1 aromatic carbocycles. The van der Waals surface area contributed by atoms with Crippen molar-refractivity contribution in [3.63, 3.8) is 0 Å². The minimum Gasteiger partial charge on any atom is -0.490 e. The number of carbonyl (C=O) groups excluding carboxylic acids is 1. The third kappa shape index (κ3) is 14.8. The van der Waals surface area contributed by atoms with Crippen molar-refractivity contribution in [3.05, 3.63) is 23.8 Å². The second-order valence-electron chi connectivity index (χ2n) is 12.1. The second-order valence-corrected chi connectivity index (χ2v) is 12.1. The van der Waals surface area contributed by atoms with Crippen molar-refractivity contribution in [1.82, 2.24) is 5.32 Å². The summed E-state index contributed by atoms with van der Waals surface area (Å²) in [6.07, 6.45) is 1.47. The van der Waals surface area contributed by atoms with Crippen molar-refractivity contribution >= 4 is 12.1 Å². The fourth-order valence-corrected chi connectivity index (χ4v) is 4.36. The Morgan fingerprint density at radius 2 is 1.49 bits per heavy atom. The van der Waals surface area contributed by atoms with E-state index < -0.39 is 29.3 Å². The molecular formula is C31H53NO9. The largest absolute Gasteiger partial charge is 0.490 e.